The highest BCUT2D eigenvalue weighted by molar-refractivity contribution is 6.02. The molecule has 0 spiro atoms. The van der Waals surface area contributed by atoms with E-state index in [1.165, 1.54) is 0 Å². The number of aromatic nitrogens is 5. The Morgan fingerprint density at radius 3 is 2.49 bits per heavy atom. The lowest BCUT2D eigenvalue weighted by Gasteiger charge is -2.40. The second kappa shape index (κ2) is 11.6. The van der Waals surface area contributed by atoms with Crippen molar-refractivity contribution in [1.29, 1.82) is 0 Å². The van der Waals surface area contributed by atoms with E-state index >= 15 is 0 Å². The first-order chi connectivity index (χ1) is 19.6. The van der Waals surface area contributed by atoms with Crippen LogP contribution in [0.3, 0.4) is 0 Å². The third kappa shape index (κ3) is 6.69. The molecule has 10 nitrogen and oxygen atoms in total. The zero-order chi connectivity index (χ0) is 29.1. The highest BCUT2D eigenvalue weighted by atomic mass is 19.3. The fraction of sp³-hybridized carbons (Fsp3) is 0.414. The topological polar surface area (TPSA) is 125 Å². The molecule has 1 aliphatic carbocycles. The van der Waals surface area contributed by atoms with Gasteiger partial charge in [-0.15, -0.1) is 5.10 Å². The molecule has 0 aliphatic heterocycles. The Kier molecular flexibility index (Phi) is 8.00. The van der Waals surface area contributed by atoms with Gasteiger partial charge in [0.1, 0.15) is 0 Å². The van der Waals surface area contributed by atoms with Crippen molar-refractivity contribution in [2.24, 2.45) is 11.8 Å². The number of benzene rings is 2. The standard InChI is InChI=1S/C29H34F2N8O2/c1-17(2)15-39(16-19-13-29(30,31)14-19)25-10-9-20(21-7-5-6-8-22(21)27-34-37-38-35-27)11-24(25)32-28(40)33-26-12-23(18(3)4)36-41-26/h5-12,17-19H,13-16H2,1-4H3,(H2,32,33,40)(H,34,35,37,38). The number of H-pyrrole nitrogens is 1. The molecule has 0 bridgehead atoms. The van der Waals surface area contributed by atoms with Crippen LogP contribution in [0.25, 0.3) is 22.5 Å². The molecule has 1 saturated carbocycles. The van der Waals surface area contributed by atoms with Crippen LogP contribution in [0.4, 0.5) is 30.8 Å². The molecule has 0 unspecified atom stereocenters. The van der Waals surface area contributed by atoms with Gasteiger partial charge in [-0.3, -0.25) is 5.32 Å². The van der Waals surface area contributed by atoms with Crippen LogP contribution in [0.2, 0.25) is 0 Å². The molecule has 0 atom stereocenters. The summed E-state index contributed by atoms with van der Waals surface area (Å²) in [6.07, 6.45) is -0.267. The average molecular weight is 565 g/mol. The van der Waals surface area contributed by atoms with E-state index in [4.69, 9.17) is 4.52 Å². The minimum atomic E-state index is -2.61. The summed E-state index contributed by atoms with van der Waals surface area (Å²) in [7, 11) is 0. The first-order valence-electron chi connectivity index (χ1n) is 13.7. The van der Waals surface area contributed by atoms with Crippen molar-refractivity contribution in [2.75, 3.05) is 28.6 Å². The number of halogens is 2. The normalized spacial score (nSPS) is 14.7. The van der Waals surface area contributed by atoms with E-state index in [-0.39, 0.29) is 36.5 Å². The van der Waals surface area contributed by atoms with Crippen molar-refractivity contribution in [3.63, 3.8) is 0 Å². The molecule has 41 heavy (non-hydrogen) atoms. The summed E-state index contributed by atoms with van der Waals surface area (Å²) >= 11 is 0. The van der Waals surface area contributed by atoms with Crippen LogP contribution >= 0.6 is 0 Å². The van der Waals surface area contributed by atoms with Crippen LogP contribution in [0.5, 0.6) is 0 Å². The quantitative estimate of drug-likeness (QED) is 0.193. The molecule has 2 amide bonds. The Balaban J connectivity index is 1.50. The number of alkyl halides is 2. The Bertz CT molecular complexity index is 1480. The number of aromatic amines is 1. The van der Waals surface area contributed by atoms with Crippen molar-refractivity contribution in [3.8, 4) is 22.5 Å². The third-order valence-corrected chi connectivity index (χ3v) is 7.02. The molecule has 2 aromatic heterocycles. The lowest BCUT2D eigenvalue weighted by Crippen LogP contribution is -2.44. The van der Waals surface area contributed by atoms with E-state index in [2.05, 4.69) is 55.2 Å². The number of hydrogen-bond acceptors (Lipinski definition) is 7. The van der Waals surface area contributed by atoms with Crippen molar-refractivity contribution >= 4 is 23.3 Å². The van der Waals surface area contributed by atoms with E-state index in [1.807, 2.05) is 56.3 Å². The van der Waals surface area contributed by atoms with Gasteiger partial charge in [-0.1, -0.05) is 63.2 Å². The van der Waals surface area contributed by atoms with Gasteiger partial charge in [-0.25, -0.2) is 18.7 Å². The van der Waals surface area contributed by atoms with Crippen LogP contribution < -0.4 is 15.5 Å². The fourth-order valence-corrected chi connectivity index (χ4v) is 5.12. The maximum absolute atomic E-state index is 13.7. The Morgan fingerprint density at radius 1 is 1.10 bits per heavy atom. The molecule has 216 valence electrons. The number of rotatable bonds is 10. The molecule has 0 radical (unpaired) electrons. The van der Waals surface area contributed by atoms with E-state index in [1.54, 1.807) is 6.07 Å². The average Bonchev–Trinajstić information content (AvgIpc) is 3.60. The SMILES string of the molecule is CC(C)CN(CC1CC(F)(F)C1)c1ccc(-c2ccccc2-c2nnn[nH]2)cc1NC(=O)Nc1cc(C(C)C)no1. The summed E-state index contributed by atoms with van der Waals surface area (Å²) in [4.78, 5) is 15.3. The van der Waals surface area contributed by atoms with Gasteiger partial charge < -0.3 is 14.7 Å². The maximum atomic E-state index is 13.7. The summed E-state index contributed by atoms with van der Waals surface area (Å²) in [5, 5.41) is 23.9. The van der Waals surface area contributed by atoms with Crippen LogP contribution in [0.15, 0.2) is 53.1 Å². The summed E-state index contributed by atoms with van der Waals surface area (Å²) in [5.74, 6) is -1.60. The lowest BCUT2D eigenvalue weighted by atomic mass is 9.81. The zero-order valence-electron chi connectivity index (χ0n) is 23.5. The van der Waals surface area contributed by atoms with Crippen molar-refractivity contribution in [1.82, 2.24) is 25.8 Å². The largest absolute Gasteiger partial charge is 0.369 e. The molecule has 1 aliphatic rings. The van der Waals surface area contributed by atoms with Crippen LogP contribution in [0.1, 0.15) is 52.1 Å². The number of urea groups is 1. The highest BCUT2D eigenvalue weighted by Gasteiger charge is 2.45. The Morgan fingerprint density at radius 2 is 1.85 bits per heavy atom. The minimum Gasteiger partial charge on any atom is -0.369 e. The third-order valence-electron chi connectivity index (χ3n) is 7.02. The van der Waals surface area contributed by atoms with Gasteiger partial charge in [-0.2, -0.15) is 0 Å². The van der Waals surface area contributed by atoms with Crippen molar-refractivity contribution < 1.29 is 18.1 Å². The van der Waals surface area contributed by atoms with Crippen LogP contribution in [0, 0.1) is 11.8 Å². The predicted molar refractivity (Wildman–Crippen MR) is 153 cm³/mol. The first kappa shape index (κ1) is 28.2. The molecule has 12 heteroatoms. The number of nitrogens with zero attached hydrogens (tertiary/aromatic N) is 5. The summed E-state index contributed by atoms with van der Waals surface area (Å²) in [6, 6.07) is 14.6. The molecular weight excluding hydrogens is 530 g/mol. The number of amides is 2. The van der Waals surface area contributed by atoms with Gasteiger partial charge in [0.15, 0.2) is 5.82 Å². The maximum Gasteiger partial charge on any atom is 0.326 e. The molecule has 4 aromatic rings. The van der Waals surface area contributed by atoms with Gasteiger partial charge in [0.2, 0.25) is 11.8 Å². The van der Waals surface area contributed by atoms with Gasteiger partial charge >= 0.3 is 6.03 Å². The number of carbonyl (C=O) groups excluding carboxylic acids is 1. The van der Waals surface area contributed by atoms with E-state index in [9.17, 15) is 13.6 Å². The van der Waals surface area contributed by atoms with Gasteiger partial charge in [0.25, 0.3) is 0 Å². The minimum absolute atomic E-state index is 0.131. The molecular formula is C29H34F2N8O2. The second-order valence-electron chi connectivity index (χ2n) is 11.3. The zero-order valence-corrected chi connectivity index (χ0v) is 23.5. The number of tetrazole rings is 1. The van der Waals surface area contributed by atoms with E-state index < -0.39 is 12.0 Å². The Labute approximate surface area is 236 Å². The molecule has 2 heterocycles. The number of carbonyl (C=O) groups is 1. The number of nitrogens with one attached hydrogen (secondary N) is 3. The van der Waals surface area contributed by atoms with Crippen LogP contribution in [-0.2, 0) is 0 Å². The first-order valence-corrected chi connectivity index (χ1v) is 13.7. The molecule has 2 aromatic carbocycles. The molecule has 3 N–H and O–H groups in total. The van der Waals surface area contributed by atoms with E-state index in [0.29, 0.717) is 24.6 Å². The summed E-state index contributed by atoms with van der Waals surface area (Å²) < 4.78 is 32.7. The second-order valence-corrected chi connectivity index (χ2v) is 11.3. The van der Waals surface area contributed by atoms with E-state index in [0.717, 1.165) is 28.1 Å². The Hall–Kier alpha value is -4.35. The monoisotopic (exact) mass is 564 g/mol. The molecule has 5 rings (SSSR count). The lowest BCUT2D eigenvalue weighted by molar-refractivity contribution is -0.107. The summed E-state index contributed by atoms with van der Waals surface area (Å²) in [6.45, 7) is 9.21. The predicted octanol–water partition coefficient (Wildman–Crippen LogP) is 6.80. The molecule has 1 fully saturated rings. The molecule has 0 saturated heterocycles. The summed E-state index contributed by atoms with van der Waals surface area (Å²) in [5.41, 5.74) is 4.46. The van der Waals surface area contributed by atoms with Crippen LogP contribution in [-0.4, -0.2) is 50.8 Å². The fourth-order valence-electron chi connectivity index (χ4n) is 5.12. The van der Waals surface area contributed by atoms with Gasteiger partial charge in [0, 0.05) is 37.6 Å². The van der Waals surface area contributed by atoms with Crippen molar-refractivity contribution in [2.45, 2.75) is 52.4 Å². The smallest absolute Gasteiger partial charge is 0.326 e. The van der Waals surface area contributed by atoms with Gasteiger partial charge in [-0.05, 0) is 51.4 Å². The van der Waals surface area contributed by atoms with Crippen molar-refractivity contribution in [3.05, 3.63) is 54.2 Å². The van der Waals surface area contributed by atoms with Gasteiger partial charge in [0.05, 0.1) is 17.1 Å². The number of anilines is 3. The number of hydrogen-bond donors (Lipinski definition) is 3. The highest BCUT2D eigenvalue weighted by Crippen LogP contribution is 2.44.